The minimum atomic E-state index is -0.215. The molecule has 1 nitrogen and oxygen atoms in total. The van der Waals surface area contributed by atoms with Gasteiger partial charge in [0.1, 0.15) is 11.6 Å². The summed E-state index contributed by atoms with van der Waals surface area (Å²) in [6.45, 7) is 1.92. The Bertz CT molecular complexity index is 376. The Morgan fingerprint density at radius 3 is 2.38 bits per heavy atom. The summed E-state index contributed by atoms with van der Waals surface area (Å²) < 4.78 is 12.8. The molecule has 1 aliphatic carbocycles. The second-order valence-corrected chi connectivity index (χ2v) is 4.71. The molecule has 0 aromatic heterocycles. The molecule has 2 rings (SSSR count). The minimum Gasteiger partial charge on any atom is -0.299 e. The summed E-state index contributed by atoms with van der Waals surface area (Å²) in [5, 5.41) is 0. The quantitative estimate of drug-likeness (QED) is 0.758. The summed E-state index contributed by atoms with van der Waals surface area (Å²) >= 11 is 0. The van der Waals surface area contributed by atoms with Gasteiger partial charge in [-0.2, -0.15) is 0 Å². The number of carbonyl (C=O) groups is 1. The summed E-state index contributed by atoms with van der Waals surface area (Å²) in [6, 6.07) is 6.52. The topological polar surface area (TPSA) is 17.1 Å². The monoisotopic (exact) mass is 220 g/mol. The predicted molar refractivity (Wildman–Crippen MR) is 61.7 cm³/mol. The standard InChI is InChI=1S/C14H17FO/c1-2-13(16)14(8-3-9-14)10-11-4-6-12(15)7-5-11/h4-7H,2-3,8-10H2,1H3. The van der Waals surface area contributed by atoms with Crippen LogP contribution >= 0.6 is 0 Å². The van der Waals surface area contributed by atoms with Crippen LogP contribution < -0.4 is 0 Å². The van der Waals surface area contributed by atoms with Crippen LogP contribution in [0, 0.1) is 11.2 Å². The lowest BCUT2D eigenvalue weighted by Crippen LogP contribution is -2.39. The number of rotatable bonds is 4. The Kier molecular flexibility index (Phi) is 3.08. The van der Waals surface area contributed by atoms with Crippen LogP contribution in [0.25, 0.3) is 0 Å². The third-order valence-electron chi connectivity index (χ3n) is 3.68. The van der Waals surface area contributed by atoms with E-state index in [-0.39, 0.29) is 11.2 Å². The summed E-state index contributed by atoms with van der Waals surface area (Å²) in [6.07, 6.45) is 4.53. The number of hydrogen-bond donors (Lipinski definition) is 0. The highest BCUT2D eigenvalue weighted by Gasteiger charge is 2.42. The zero-order valence-electron chi connectivity index (χ0n) is 9.63. The van der Waals surface area contributed by atoms with Crippen molar-refractivity contribution in [3.05, 3.63) is 35.6 Å². The molecule has 0 amide bonds. The van der Waals surface area contributed by atoms with Gasteiger partial charge >= 0.3 is 0 Å². The average Bonchev–Trinajstić information content (AvgIpc) is 2.25. The number of ketones is 1. The Morgan fingerprint density at radius 1 is 1.31 bits per heavy atom. The van der Waals surface area contributed by atoms with Crippen molar-refractivity contribution < 1.29 is 9.18 Å². The van der Waals surface area contributed by atoms with Gasteiger partial charge in [-0.15, -0.1) is 0 Å². The van der Waals surface area contributed by atoms with Crippen LogP contribution in [-0.4, -0.2) is 5.78 Å². The second kappa shape index (κ2) is 4.36. The molecule has 0 atom stereocenters. The summed E-state index contributed by atoms with van der Waals surface area (Å²) in [4.78, 5) is 11.9. The Hall–Kier alpha value is -1.18. The fourth-order valence-corrected chi connectivity index (χ4v) is 2.53. The lowest BCUT2D eigenvalue weighted by molar-refractivity contribution is -0.133. The first-order chi connectivity index (χ1) is 7.66. The molecule has 1 fully saturated rings. The van der Waals surface area contributed by atoms with Crippen molar-refractivity contribution in [1.82, 2.24) is 0 Å². The van der Waals surface area contributed by atoms with E-state index in [2.05, 4.69) is 0 Å². The normalized spacial score (nSPS) is 17.9. The maximum Gasteiger partial charge on any atom is 0.139 e. The molecule has 0 radical (unpaired) electrons. The lowest BCUT2D eigenvalue weighted by Gasteiger charge is -2.40. The molecule has 0 heterocycles. The van der Waals surface area contributed by atoms with Crippen molar-refractivity contribution in [3.8, 4) is 0 Å². The molecule has 0 bridgehead atoms. The van der Waals surface area contributed by atoms with Crippen LogP contribution in [0.1, 0.15) is 38.2 Å². The van der Waals surface area contributed by atoms with Crippen molar-refractivity contribution >= 4 is 5.78 Å². The number of benzene rings is 1. The van der Waals surface area contributed by atoms with E-state index in [9.17, 15) is 9.18 Å². The Labute approximate surface area is 95.7 Å². The highest BCUT2D eigenvalue weighted by atomic mass is 19.1. The summed E-state index contributed by atoms with van der Waals surface area (Å²) in [5.41, 5.74) is 0.940. The molecule has 0 N–H and O–H groups in total. The third-order valence-corrected chi connectivity index (χ3v) is 3.68. The molecule has 1 aromatic rings. The maximum absolute atomic E-state index is 12.8. The van der Waals surface area contributed by atoms with Crippen molar-refractivity contribution in [2.75, 3.05) is 0 Å². The van der Waals surface area contributed by atoms with Gasteiger partial charge in [0.25, 0.3) is 0 Å². The Balaban J connectivity index is 2.13. The first-order valence-electron chi connectivity index (χ1n) is 5.94. The van der Waals surface area contributed by atoms with Gasteiger partial charge in [0.2, 0.25) is 0 Å². The van der Waals surface area contributed by atoms with E-state index in [4.69, 9.17) is 0 Å². The van der Waals surface area contributed by atoms with Gasteiger partial charge in [0.05, 0.1) is 0 Å². The van der Waals surface area contributed by atoms with Crippen molar-refractivity contribution in [2.45, 2.75) is 39.0 Å². The van der Waals surface area contributed by atoms with Crippen molar-refractivity contribution in [1.29, 1.82) is 0 Å². The number of carbonyl (C=O) groups excluding carboxylic acids is 1. The molecule has 1 saturated carbocycles. The molecular weight excluding hydrogens is 203 g/mol. The third kappa shape index (κ3) is 2.01. The van der Waals surface area contributed by atoms with Gasteiger partial charge in [0.15, 0.2) is 0 Å². The zero-order valence-corrected chi connectivity index (χ0v) is 9.63. The molecular formula is C14H17FO. The van der Waals surface area contributed by atoms with Crippen LogP contribution in [0.3, 0.4) is 0 Å². The molecule has 2 heteroatoms. The van der Waals surface area contributed by atoms with E-state index in [1.54, 1.807) is 12.1 Å². The number of hydrogen-bond acceptors (Lipinski definition) is 1. The lowest BCUT2D eigenvalue weighted by atomic mass is 9.62. The van der Waals surface area contributed by atoms with Gasteiger partial charge < -0.3 is 0 Å². The first kappa shape index (κ1) is 11.3. The molecule has 0 spiro atoms. The highest BCUT2D eigenvalue weighted by molar-refractivity contribution is 5.85. The van der Waals surface area contributed by atoms with E-state index in [0.29, 0.717) is 12.2 Å². The predicted octanol–water partition coefficient (Wildman–Crippen LogP) is 3.52. The van der Waals surface area contributed by atoms with Gasteiger partial charge in [-0.3, -0.25) is 4.79 Å². The maximum atomic E-state index is 12.8. The second-order valence-electron chi connectivity index (χ2n) is 4.71. The zero-order chi connectivity index (χ0) is 11.6. The smallest absolute Gasteiger partial charge is 0.139 e. The minimum absolute atomic E-state index is 0.132. The first-order valence-corrected chi connectivity index (χ1v) is 5.94. The van der Waals surface area contributed by atoms with E-state index in [1.165, 1.54) is 12.1 Å². The van der Waals surface area contributed by atoms with Gasteiger partial charge in [-0.05, 0) is 37.0 Å². The van der Waals surface area contributed by atoms with Crippen LogP contribution in [0.15, 0.2) is 24.3 Å². The van der Waals surface area contributed by atoms with Crippen LogP contribution in [0.4, 0.5) is 4.39 Å². The van der Waals surface area contributed by atoms with Gasteiger partial charge in [-0.1, -0.05) is 25.5 Å². The van der Waals surface area contributed by atoms with Crippen LogP contribution in [0.2, 0.25) is 0 Å². The van der Waals surface area contributed by atoms with Crippen LogP contribution in [-0.2, 0) is 11.2 Å². The van der Waals surface area contributed by atoms with E-state index < -0.39 is 0 Å². The Morgan fingerprint density at radius 2 is 1.94 bits per heavy atom. The largest absolute Gasteiger partial charge is 0.299 e. The van der Waals surface area contributed by atoms with E-state index in [0.717, 1.165) is 31.2 Å². The molecule has 16 heavy (non-hydrogen) atoms. The van der Waals surface area contributed by atoms with Gasteiger partial charge in [0, 0.05) is 11.8 Å². The molecule has 1 aromatic carbocycles. The highest BCUT2D eigenvalue weighted by Crippen LogP contribution is 2.45. The molecule has 1 aliphatic rings. The molecule has 86 valence electrons. The van der Waals surface area contributed by atoms with Crippen molar-refractivity contribution in [3.63, 3.8) is 0 Å². The molecule has 0 unspecified atom stereocenters. The van der Waals surface area contributed by atoms with Crippen LogP contribution in [0.5, 0.6) is 0 Å². The summed E-state index contributed by atoms with van der Waals surface area (Å²) in [5.74, 6) is 0.149. The number of Topliss-reactive ketones (excluding diaryl/α,β-unsaturated/α-hetero) is 1. The molecule has 0 aliphatic heterocycles. The van der Waals surface area contributed by atoms with E-state index in [1.807, 2.05) is 6.92 Å². The SMILES string of the molecule is CCC(=O)C1(Cc2ccc(F)cc2)CCC1. The fraction of sp³-hybridized carbons (Fsp3) is 0.500. The van der Waals surface area contributed by atoms with E-state index >= 15 is 0 Å². The molecule has 0 saturated heterocycles. The average molecular weight is 220 g/mol. The van der Waals surface area contributed by atoms with Gasteiger partial charge in [-0.25, -0.2) is 4.39 Å². The van der Waals surface area contributed by atoms with Crippen molar-refractivity contribution in [2.24, 2.45) is 5.41 Å². The fourth-order valence-electron chi connectivity index (χ4n) is 2.53. The number of halogens is 1. The summed E-state index contributed by atoms with van der Waals surface area (Å²) in [7, 11) is 0.